The topological polar surface area (TPSA) is 85.2 Å². The summed E-state index contributed by atoms with van der Waals surface area (Å²) < 4.78 is 5.29. The van der Waals surface area contributed by atoms with Crippen molar-refractivity contribution in [3.63, 3.8) is 0 Å². The molecule has 1 fully saturated rings. The standard InChI is InChI=1S/C16H20N4O2.2ClH/c1-16(2)10-20(8-5-14(16)17)15(21)12-9-13(22-19-12)11-3-6-18-7-4-11;;/h3-4,6-7,9,14H,5,8,10,17H2,1-2H3;2*1H. The molecule has 0 bridgehead atoms. The molecule has 0 spiro atoms. The van der Waals surface area contributed by atoms with Crippen LogP contribution in [0.25, 0.3) is 11.3 Å². The number of pyridine rings is 1. The lowest BCUT2D eigenvalue weighted by molar-refractivity contribution is 0.0523. The Morgan fingerprint density at radius 1 is 1.33 bits per heavy atom. The fourth-order valence-electron chi connectivity index (χ4n) is 2.74. The highest BCUT2D eigenvalue weighted by Crippen LogP contribution is 2.29. The number of hydrogen-bond acceptors (Lipinski definition) is 5. The van der Waals surface area contributed by atoms with Gasteiger partial charge in [0.2, 0.25) is 0 Å². The van der Waals surface area contributed by atoms with Crippen LogP contribution in [0.2, 0.25) is 0 Å². The number of halogens is 2. The molecule has 0 aromatic carbocycles. The second kappa shape index (κ2) is 7.96. The predicted octanol–water partition coefficient (Wildman–Crippen LogP) is 2.78. The lowest BCUT2D eigenvalue weighted by Gasteiger charge is -2.42. The summed E-state index contributed by atoms with van der Waals surface area (Å²) in [4.78, 5) is 18.4. The predicted molar refractivity (Wildman–Crippen MR) is 96.5 cm³/mol. The second-order valence-corrected chi connectivity index (χ2v) is 6.42. The molecule has 0 radical (unpaired) electrons. The number of rotatable bonds is 2. The summed E-state index contributed by atoms with van der Waals surface area (Å²) in [5, 5.41) is 3.92. The number of likely N-dealkylation sites (tertiary alicyclic amines) is 1. The molecule has 1 unspecified atom stereocenters. The highest BCUT2D eigenvalue weighted by molar-refractivity contribution is 5.93. The van der Waals surface area contributed by atoms with E-state index in [0.717, 1.165) is 12.0 Å². The van der Waals surface area contributed by atoms with Crippen LogP contribution < -0.4 is 5.73 Å². The molecule has 24 heavy (non-hydrogen) atoms. The van der Waals surface area contributed by atoms with E-state index in [-0.39, 0.29) is 42.2 Å². The van der Waals surface area contributed by atoms with Gasteiger partial charge in [-0.05, 0) is 24.0 Å². The normalized spacial score (nSPS) is 19.1. The Balaban J connectivity index is 0.00000144. The summed E-state index contributed by atoms with van der Waals surface area (Å²) >= 11 is 0. The van der Waals surface area contributed by atoms with E-state index in [4.69, 9.17) is 10.3 Å². The van der Waals surface area contributed by atoms with Gasteiger partial charge in [0.05, 0.1) is 0 Å². The summed E-state index contributed by atoms with van der Waals surface area (Å²) in [6.07, 6.45) is 4.15. The summed E-state index contributed by atoms with van der Waals surface area (Å²) in [5.74, 6) is 0.461. The third kappa shape index (κ3) is 4.06. The van der Waals surface area contributed by atoms with E-state index >= 15 is 0 Å². The van der Waals surface area contributed by atoms with Crippen LogP contribution in [0.15, 0.2) is 35.1 Å². The van der Waals surface area contributed by atoms with Gasteiger partial charge in [0.25, 0.3) is 5.91 Å². The lowest BCUT2D eigenvalue weighted by atomic mass is 9.79. The molecular formula is C16H22Cl2N4O2. The Morgan fingerprint density at radius 3 is 2.62 bits per heavy atom. The van der Waals surface area contributed by atoms with Crippen LogP contribution in [-0.2, 0) is 0 Å². The van der Waals surface area contributed by atoms with Gasteiger partial charge in [-0.1, -0.05) is 19.0 Å². The molecule has 132 valence electrons. The van der Waals surface area contributed by atoms with Gasteiger partial charge in [-0.25, -0.2) is 0 Å². The van der Waals surface area contributed by atoms with Gasteiger partial charge < -0.3 is 15.2 Å². The van der Waals surface area contributed by atoms with Gasteiger partial charge in [-0.15, -0.1) is 24.8 Å². The summed E-state index contributed by atoms with van der Waals surface area (Å²) in [6.45, 7) is 5.45. The maximum absolute atomic E-state index is 12.6. The van der Waals surface area contributed by atoms with Gasteiger partial charge in [0.1, 0.15) is 0 Å². The summed E-state index contributed by atoms with van der Waals surface area (Å²) in [6, 6.07) is 5.43. The Morgan fingerprint density at radius 2 is 2.00 bits per heavy atom. The Hall–Kier alpha value is -1.63. The highest BCUT2D eigenvalue weighted by atomic mass is 35.5. The number of nitrogens with two attached hydrogens (primary N) is 1. The van der Waals surface area contributed by atoms with Crippen LogP contribution in [0.3, 0.4) is 0 Å². The monoisotopic (exact) mass is 372 g/mol. The Kier molecular flexibility index (Phi) is 6.77. The minimum Gasteiger partial charge on any atom is -0.355 e. The highest BCUT2D eigenvalue weighted by Gasteiger charge is 2.36. The fourth-order valence-corrected chi connectivity index (χ4v) is 2.74. The van der Waals surface area contributed by atoms with Crippen LogP contribution in [0, 0.1) is 5.41 Å². The van der Waals surface area contributed by atoms with Gasteiger partial charge in [0, 0.05) is 43.2 Å². The molecule has 6 nitrogen and oxygen atoms in total. The SMILES string of the molecule is CC1(C)CN(C(=O)c2cc(-c3ccncc3)on2)CCC1N.Cl.Cl. The molecule has 3 heterocycles. The molecule has 3 rings (SSSR count). The number of nitrogens with zero attached hydrogens (tertiary/aromatic N) is 3. The Labute approximate surface area is 153 Å². The Bertz CT molecular complexity index is 676. The smallest absolute Gasteiger partial charge is 0.276 e. The van der Waals surface area contributed by atoms with Crippen molar-refractivity contribution in [2.45, 2.75) is 26.3 Å². The number of aromatic nitrogens is 2. The van der Waals surface area contributed by atoms with E-state index in [9.17, 15) is 4.79 Å². The first-order chi connectivity index (χ1) is 10.5. The van der Waals surface area contributed by atoms with Crippen molar-refractivity contribution in [2.24, 2.45) is 11.1 Å². The first kappa shape index (κ1) is 20.4. The van der Waals surface area contributed by atoms with Crippen LogP contribution in [0.4, 0.5) is 0 Å². The molecule has 2 aromatic rings. The van der Waals surface area contributed by atoms with E-state index in [0.29, 0.717) is 24.5 Å². The van der Waals surface area contributed by atoms with Crippen LogP contribution in [0.1, 0.15) is 30.8 Å². The number of carbonyl (C=O) groups is 1. The quantitative estimate of drug-likeness (QED) is 0.875. The molecule has 1 saturated heterocycles. The molecule has 0 saturated carbocycles. The first-order valence-corrected chi connectivity index (χ1v) is 7.39. The van der Waals surface area contributed by atoms with Crippen molar-refractivity contribution in [3.8, 4) is 11.3 Å². The van der Waals surface area contributed by atoms with Gasteiger partial charge in [-0.2, -0.15) is 0 Å². The summed E-state index contributed by atoms with van der Waals surface area (Å²) in [5.41, 5.74) is 7.21. The number of carbonyl (C=O) groups excluding carboxylic acids is 1. The maximum Gasteiger partial charge on any atom is 0.276 e. The van der Waals surface area contributed by atoms with Crippen molar-refractivity contribution >= 4 is 30.7 Å². The van der Waals surface area contributed by atoms with E-state index in [1.165, 1.54) is 0 Å². The second-order valence-electron chi connectivity index (χ2n) is 6.42. The van der Waals surface area contributed by atoms with E-state index in [1.54, 1.807) is 23.4 Å². The number of hydrogen-bond donors (Lipinski definition) is 1. The van der Waals surface area contributed by atoms with Crippen molar-refractivity contribution in [2.75, 3.05) is 13.1 Å². The van der Waals surface area contributed by atoms with Crippen LogP contribution >= 0.6 is 24.8 Å². The minimum absolute atomic E-state index is 0. The van der Waals surface area contributed by atoms with Crippen molar-refractivity contribution < 1.29 is 9.32 Å². The average molecular weight is 373 g/mol. The molecule has 1 atom stereocenters. The maximum atomic E-state index is 12.6. The number of piperidine rings is 1. The van der Waals surface area contributed by atoms with Crippen molar-refractivity contribution in [1.82, 2.24) is 15.0 Å². The van der Waals surface area contributed by atoms with Crippen molar-refractivity contribution in [1.29, 1.82) is 0 Å². The average Bonchev–Trinajstić information content (AvgIpc) is 3.00. The molecule has 1 amide bonds. The van der Waals surface area contributed by atoms with Gasteiger partial charge in [-0.3, -0.25) is 9.78 Å². The third-order valence-corrected chi connectivity index (χ3v) is 4.29. The molecule has 0 aliphatic carbocycles. The minimum atomic E-state index is -0.107. The van der Waals surface area contributed by atoms with Gasteiger partial charge >= 0.3 is 0 Å². The molecule has 1 aliphatic rings. The van der Waals surface area contributed by atoms with Crippen LogP contribution in [0.5, 0.6) is 0 Å². The lowest BCUT2D eigenvalue weighted by Crippen LogP contribution is -2.54. The van der Waals surface area contributed by atoms with Crippen molar-refractivity contribution in [3.05, 3.63) is 36.3 Å². The zero-order valence-electron chi connectivity index (χ0n) is 13.6. The first-order valence-electron chi connectivity index (χ1n) is 7.39. The van der Waals surface area contributed by atoms with E-state index in [1.807, 2.05) is 12.1 Å². The summed E-state index contributed by atoms with van der Waals surface area (Å²) in [7, 11) is 0. The molecule has 2 aromatic heterocycles. The van der Waals surface area contributed by atoms with Crippen LogP contribution in [-0.4, -0.2) is 40.1 Å². The van der Waals surface area contributed by atoms with E-state index < -0.39 is 0 Å². The fraction of sp³-hybridized carbons (Fsp3) is 0.438. The molecule has 8 heteroatoms. The molecule has 2 N–H and O–H groups in total. The third-order valence-electron chi connectivity index (χ3n) is 4.29. The largest absolute Gasteiger partial charge is 0.355 e. The zero-order chi connectivity index (χ0) is 15.7. The number of amides is 1. The van der Waals surface area contributed by atoms with Gasteiger partial charge in [0.15, 0.2) is 11.5 Å². The molecule has 1 aliphatic heterocycles. The zero-order valence-corrected chi connectivity index (χ0v) is 15.3. The van der Waals surface area contributed by atoms with E-state index in [2.05, 4.69) is 24.0 Å². The molecular weight excluding hydrogens is 351 g/mol.